The molecule has 33 heavy (non-hydrogen) atoms. The maximum atomic E-state index is 13.4. The normalized spacial score (nSPS) is 22.6. The predicted molar refractivity (Wildman–Crippen MR) is 126 cm³/mol. The van der Waals surface area contributed by atoms with Crippen LogP contribution in [0.2, 0.25) is 0 Å². The van der Waals surface area contributed by atoms with E-state index in [1.165, 1.54) is 5.56 Å². The lowest BCUT2D eigenvalue weighted by atomic mass is 9.78. The third-order valence-corrected chi connectivity index (χ3v) is 6.87. The van der Waals surface area contributed by atoms with E-state index in [9.17, 15) is 9.59 Å². The van der Waals surface area contributed by atoms with Crippen LogP contribution in [0, 0.1) is 27.7 Å². The Morgan fingerprint density at radius 1 is 1.03 bits per heavy atom. The molecule has 1 amide bonds. The number of benzene rings is 1. The molecule has 3 rings (SSSR count). The minimum Gasteiger partial charge on any atom is -0.434 e. The molecule has 1 aromatic carbocycles. The number of amides is 1. The lowest BCUT2D eigenvalue weighted by Crippen LogP contribution is -2.49. The van der Waals surface area contributed by atoms with Crippen LogP contribution in [0.5, 0.6) is 0 Å². The van der Waals surface area contributed by atoms with E-state index in [-0.39, 0.29) is 18.6 Å². The maximum absolute atomic E-state index is 13.4. The van der Waals surface area contributed by atoms with Crippen LogP contribution in [-0.2, 0) is 23.7 Å². The molecular weight excluding hydrogens is 422 g/mol. The molecule has 1 spiro atoms. The summed E-state index contributed by atoms with van der Waals surface area (Å²) in [5.41, 5.74) is 4.83. The van der Waals surface area contributed by atoms with Gasteiger partial charge in [0.25, 0.3) is 5.91 Å². The van der Waals surface area contributed by atoms with Gasteiger partial charge in [-0.1, -0.05) is 6.07 Å². The standard InChI is InChI=1S/C26H37NO6/c1-7-30-13-14-32-20-9-11-26(12-10-20)23(33-25(29)31-8-2)22(24(28)27-26)21-17(4)15-16(3)18(5)19(21)6/h15,20H,7-14H2,1-6H3,(H,27,28). The summed E-state index contributed by atoms with van der Waals surface area (Å²) in [5, 5.41) is 3.17. The molecule has 0 radical (unpaired) electrons. The Morgan fingerprint density at radius 2 is 1.73 bits per heavy atom. The number of hydrogen-bond donors (Lipinski definition) is 1. The van der Waals surface area contributed by atoms with Gasteiger partial charge in [-0.2, -0.15) is 0 Å². The fourth-order valence-electron chi connectivity index (χ4n) is 4.98. The molecular formula is C26H37NO6. The third-order valence-electron chi connectivity index (χ3n) is 6.87. The van der Waals surface area contributed by atoms with Crippen molar-refractivity contribution in [3.05, 3.63) is 39.6 Å². The number of nitrogens with one attached hydrogen (secondary N) is 1. The fourth-order valence-corrected chi connectivity index (χ4v) is 4.98. The van der Waals surface area contributed by atoms with Crippen molar-refractivity contribution in [3.63, 3.8) is 0 Å². The molecule has 0 unspecified atom stereocenters. The molecule has 1 aliphatic heterocycles. The van der Waals surface area contributed by atoms with E-state index in [2.05, 4.69) is 18.3 Å². The molecule has 2 aliphatic rings. The molecule has 1 heterocycles. The van der Waals surface area contributed by atoms with E-state index in [1.807, 2.05) is 27.7 Å². The van der Waals surface area contributed by atoms with Gasteiger partial charge in [0.1, 0.15) is 5.76 Å². The zero-order valence-corrected chi connectivity index (χ0v) is 20.8. The Balaban J connectivity index is 1.96. The summed E-state index contributed by atoms with van der Waals surface area (Å²) in [6.45, 7) is 13.8. The predicted octanol–water partition coefficient (Wildman–Crippen LogP) is 4.67. The fraction of sp³-hybridized carbons (Fsp3) is 0.615. The second-order valence-electron chi connectivity index (χ2n) is 8.93. The quantitative estimate of drug-likeness (QED) is 0.449. The average molecular weight is 460 g/mol. The number of hydrogen-bond acceptors (Lipinski definition) is 6. The van der Waals surface area contributed by atoms with Crippen LogP contribution in [0.15, 0.2) is 11.8 Å². The largest absolute Gasteiger partial charge is 0.513 e. The minimum absolute atomic E-state index is 0.0889. The summed E-state index contributed by atoms with van der Waals surface area (Å²) in [6.07, 6.45) is 2.06. The van der Waals surface area contributed by atoms with Crippen molar-refractivity contribution in [1.82, 2.24) is 5.32 Å². The molecule has 7 heteroatoms. The smallest absolute Gasteiger partial charge is 0.434 e. The lowest BCUT2D eigenvalue weighted by Gasteiger charge is -2.38. The SMILES string of the molecule is CCOCCOC1CCC2(CC1)NC(=O)C(c1c(C)cc(C)c(C)c1C)=C2OC(=O)OCC. The first kappa shape index (κ1) is 25.2. The summed E-state index contributed by atoms with van der Waals surface area (Å²) in [4.78, 5) is 25.8. The first-order chi connectivity index (χ1) is 15.7. The van der Waals surface area contributed by atoms with Crippen LogP contribution in [0.3, 0.4) is 0 Å². The van der Waals surface area contributed by atoms with Gasteiger partial charge in [-0.05, 0) is 95.0 Å². The molecule has 1 aliphatic carbocycles. The summed E-state index contributed by atoms with van der Waals surface area (Å²) < 4.78 is 22.2. The van der Waals surface area contributed by atoms with Gasteiger partial charge >= 0.3 is 6.16 Å². The van der Waals surface area contributed by atoms with Crippen LogP contribution in [0.1, 0.15) is 67.3 Å². The van der Waals surface area contributed by atoms with Crippen molar-refractivity contribution < 1.29 is 28.5 Å². The molecule has 1 fully saturated rings. The van der Waals surface area contributed by atoms with Gasteiger partial charge in [0.05, 0.1) is 37.0 Å². The molecule has 7 nitrogen and oxygen atoms in total. The number of carbonyl (C=O) groups excluding carboxylic acids is 2. The first-order valence-corrected chi connectivity index (χ1v) is 11.9. The van der Waals surface area contributed by atoms with Gasteiger partial charge < -0.3 is 24.3 Å². The van der Waals surface area contributed by atoms with Crippen molar-refractivity contribution in [2.24, 2.45) is 0 Å². The molecule has 182 valence electrons. The summed E-state index contributed by atoms with van der Waals surface area (Å²) >= 11 is 0. The first-order valence-electron chi connectivity index (χ1n) is 11.9. The minimum atomic E-state index is -0.782. The number of ether oxygens (including phenoxy) is 4. The molecule has 1 N–H and O–H groups in total. The highest BCUT2D eigenvalue weighted by molar-refractivity contribution is 6.24. The zero-order chi connectivity index (χ0) is 24.2. The highest BCUT2D eigenvalue weighted by atomic mass is 16.7. The van der Waals surface area contributed by atoms with Gasteiger partial charge in [0.15, 0.2) is 0 Å². The monoisotopic (exact) mass is 459 g/mol. The Hall–Kier alpha value is -2.38. The molecule has 1 aromatic rings. The number of aryl methyl sites for hydroxylation is 2. The van der Waals surface area contributed by atoms with E-state index >= 15 is 0 Å². The highest BCUT2D eigenvalue weighted by Gasteiger charge is 2.50. The van der Waals surface area contributed by atoms with Crippen LogP contribution >= 0.6 is 0 Å². The Morgan fingerprint density at radius 3 is 2.36 bits per heavy atom. The van der Waals surface area contributed by atoms with Crippen molar-refractivity contribution in [1.29, 1.82) is 0 Å². The second kappa shape index (κ2) is 10.7. The zero-order valence-electron chi connectivity index (χ0n) is 20.8. The Labute approximate surface area is 196 Å². The molecule has 1 saturated carbocycles. The average Bonchev–Trinajstić information content (AvgIpc) is 3.02. The molecule has 0 aromatic heterocycles. The topological polar surface area (TPSA) is 83.1 Å². The van der Waals surface area contributed by atoms with Crippen molar-refractivity contribution >= 4 is 17.6 Å². The van der Waals surface area contributed by atoms with Crippen molar-refractivity contribution in [2.75, 3.05) is 26.4 Å². The van der Waals surface area contributed by atoms with E-state index in [4.69, 9.17) is 18.9 Å². The Kier molecular flexibility index (Phi) is 8.19. The molecule has 0 saturated heterocycles. The van der Waals surface area contributed by atoms with E-state index in [1.54, 1.807) is 6.92 Å². The maximum Gasteiger partial charge on any atom is 0.513 e. The summed E-state index contributed by atoms with van der Waals surface area (Å²) in [7, 11) is 0. The van der Waals surface area contributed by atoms with Crippen LogP contribution < -0.4 is 5.32 Å². The molecule has 0 atom stereocenters. The molecule has 0 bridgehead atoms. The number of rotatable bonds is 8. The van der Waals surface area contributed by atoms with Gasteiger partial charge in [-0.25, -0.2) is 4.79 Å². The third kappa shape index (κ3) is 5.25. The van der Waals surface area contributed by atoms with Crippen molar-refractivity contribution in [2.45, 2.75) is 78.9 Å². The van der Waals surface area contributed by atoms with Crippen LogP contribution in [-0.4, -0.2) is 50.1 Å². The van der Waals surface area contributed by atoms with E-state index in [0.717, 1.165) is 35.1 Å². The van der Waals surface area contributed by atoms with Gasteiger partial charge in [0.2, 0.25) is 0 Å². The van der Waals surface area contributed by atoms with E-state index in [0.29, 0.717) is 44.0 Å². The van der Waals surface area contributed by atoms with Gasteiger partial charge in [-0.15, -0.1) is 0 Å². The summed E-state index contributed by atoms with van der Waals surface area (Å²) in [5.74, 6) is 0.174. The summed E-state index contributed by atoms with van der Waals surface area (Å²) in [6, 6.07) is 2.08. The van der Waals surface area contributed by atoms with Crippen LogP contribution in [0.4, 0.5) is 4.79 Å². The highest BCUT2D eigenvalue weighted by Crippen LogP contribution is 2.45. The Bertz CT molecular complexity index is 927. The second-order valence-corrected chi connectivity index (χ2v) is 8.93. The van der Waals surface area contributed by atoms with Gasteiger partial charge in [-0.3, -0.25) is 4.79 Å². The lowest BCUT2D eigenvalue weighted by molar-refractivity contribution is -0.117. The van der Waals surface area contributed by atoms with Gasteiger partial charge in [0, 0.05) is 6.61 Å². The van der Waals surface area contributed by atoms with Crippen LogP contribution in [0.25, 0.3) is 5.57 Å². The number of carbonyl (C=O) groups is 2. The van der Waals surface area contributed by atoms with E-state index < -0.39 is 11.7 Å². The van der Waals surface area contributed by atoms with Crippen molar-refractivity contribution in [3.8, 4) is 0 Å².